The molecule has 0 saturated carbocycles. The van der Waals surface area contributed by atoms with E-state index in [0.29, 0.717) is 5.88 Å². The zero-order chi connectivity index (χ0) is 13.0. The SMILES string of the molecule is CC(C)Oc1ncccc1C1CCCCN1C=O. The quantitative estimate of drug-likeness (QED) is 0.769. The average Bonchev–Trinajstić information content (AvgIpc) is 2.39. The molecule has 1 saturated heterocycles. The van der Waals surface area contributed by atoms with Gasteiger partial charge in [-0.15, -0.1) is 0 Å². The number of rotatable bonds is 4. The molecule has 0 aromatic carbocycles. The number of piperidine rings is 1. The average molecular weight is 248 g/mol. The summed E-state index contributed by atoms with van der Waals surface area (Å²) in [5.74, 6) is 0.659. The van der Waals surface area contributed by atoms with Crippen molar-refractivity contribution in [3.63, 3.8) is 0 Å². The minimum atomic E-state index is 0.0897. The Morgan fingerprint density at radius 3 is 3.06 bits per heavy atom. The van der Waals surface area contributed by atoms with E-state index in [4.69, 9.17) is 4.74 Å². The number of carbonyl (C=O) groups excluding carboxylic acids is 1. The maximum atomic E-state index is 11.1. The first-order valence-corrected chi connectivity index (χ1v) is 6.55. The summed E-state index contributed by atoms with van der Waals surface area (Å²) in [5.41, 5.74) is 1.03. The maximum Gasteiger partial charge on any atom is 0.218 e. The van der Waals surface area contributed by atoms with E-state index >= 15 is 0 Å². The van der Waals surface area contributed by atoms with Gasteiger partial charge in [0.1, 0.15) is 0 Å². The molecule has 4 heteroatoms. The van der Waals surface area contributed by atoms with Crippen molar-refractivity contribution in [2.45, 2.75) is 45.3 Å². The lowest BCUT2D eigenvalue weighted by molar-refractivity contribution is -0.121. The van der Waals surface area contributed by atoms with Gasteiger partial charge in [-0.25, -0.2) is 4.98 Å². The molecule has 1 aliphatic heterocycles. The third-order valence-corrected chi connectivity index (χ3v) is 3.19. The number of ether oxygens (including phenoxy) is 1. The standard InChI is InChI=1S/C14H20N2O2/c1-11(2)18-14-12(6-5-8-15-14)13-7-3-4-9-16(13)10-17/h5-6,8,10-11,13H,3-4,7,9H2,1-2H3. The van der Waals surface area contributed by atoms with Gasteiger partial charge in [-0.3, -0.25) is 4.79 Å². The molecule has 1 aromatic rings. The fraction of sp³-hybridized carbons (Fsp3) is 0.571. The van der Waals surface area contributed by atoms with Crippen LogP contribution in [0.15, 0.2) is 18.3 Å². The summed E-state index contributed by atoms with van der Waals surface area (Å²) < 4.78 is 5.74. The highest BCUT2D eigenvalue weighted by atomic mass is 16.5. The topological polar surface area (TPSA) is 42.4 Å². The number of pyridine rings is 1. The van der Waals surface area contributed by atoms with Crippen molar-refractivity contribution in [1.29, 1.82) is 0 Å². The van der Waals surface area contributed by atoms with Gasteiger partial charge in [0, 0.05) is 18.3 Å². The highest BCUT2D eigenvalue weighted by molar-refractivity contribution is 5.50. The summed E-state index contributed by atoms with van der Waals surface area (Å²) in [5, 5.41) is 0. The van der Waals surface area contributed by atoms with Gasteiger partial charge in [-0.2, -0.15) is 0 Å². The largest absolute Gasteiger partial charge is 0.475 e. The van der Waals surface area contributed by atoms with Gasteiger partial charge in [0.2, 0.25) is 12.3 Å². The summed E-state index contributed by atoms with van der Waals surface area (Å²) in [7, 11) is 0. The van der Waals surface area contributed by atoms with Crippen LogP contribution >= 0.6 is 0 Å². The number of hydrogen-bond acceptors (Lipinski definition) is 3. The third-order valence-electron chi connectivity index (χ3n) is 3.19. The molecule has 0 radical (unpaired) electrons. The zero-order valence-corrected chi connectivity index (χ0v) is 11.0. The Hall–Kier alpha value is -1.58. The first kappa shape index (κ1) is 12.9. The molecule has 1 atom stereocenters. The van der Waals surface area contributed by atoms with Crippen molar-refractivity contribution >= 4 is 6.41 Å². The molecular formula is C14H20N2O2. The normalized spacial score (nSPS) is 19.9. The van der Waals surface area contributed by atoms with E-state index in [9.17, 15) is 4.79 Å². The molecule has 1 aliphatic rings. The Balaban J connectivity index is 2.27. The highest BCUT2D eigenvalue weighted by Crippen LogP contribution is 2.34. The lowest BCUT2D eigenvalue weighted by Gasteiger charge is -2.33. The van der Waals surface area contributed by atoms with E-state index in [1.165, 1.54) is 0 Å². The molecule has 98 valence electrons. The monoisotopic (exact) mass is 248 g/mol. The molecular weight excluding hydrogens is 228 g/mol. The molecule has 1 aromatic heterocycles. The van der Waals surface area contributed by atoms with Crippen LogP contribution in [-0.2, 0) is 4.79 Å². The van der Waals surface area contributed by atoms with Crippen molar-refractivity contribution in [1.82, 2.24) is 9.88 Å². The Morgan fingerprint density at radius 1 is 1.50 bits per heavy atom. The van der Waals surface area contributed by atoms with E-state index in [1.54, 1.807) is 6.20 Å². The molecule has 0 spiro atoms. The number of aromatic nitrogens is 1. The van der Waals surface area contributed by atoms with E-state index in [0.717, 1.165) is 37.8 Å². The van der Waals surface area contributed by atoms with Gasteiger partial charge in [0.15, 0.2) is 0 Å². The van der Waals surface area contributed by atoms with E-state index < -0.39 is 0 Å². The van der Waals surface area contributed by atoms with Gasteiger partial charge in [-0.1, -0.05) is 6.07 Å². The van der Waals surface area contributed by atoms with Crippen LogP contribution in [0, 0.1) is 0 Å². The van der Waals surface area contributed by atoms with Crippen LogP contribution in [0.1, 0.15) is 44.7 Å². The molecule has 4 nitrogen and oxygen atoms in total. The van der Waals surface area contributed by atoms with Gasteiger partial charge in [0.05, 0.1) is 12.1 Å². The number of carbonyl (C=O) groups is 1. The smallest absolute Gasteiger partial charge is 0.218 e. The van der Waals surface area contributed by atoms with Crippen molar-refractivity contribution in [2.24, 2.45) is 0 Å². The fourth-order valence-electron chi connectivity index (χ4n) is 2.39. The summed E-state index contributed by atoms with van der Waals surface area (Å²) in [6, 6.07) is 4.02. The third kappa shape index (κ3) is 2.81. The Labute approximate surface area is 108 Å². The minimum Gasteiger partial charge on any atom is -0.475 e. The highest BCUT2D eigenvalue weighted by Gasteiger charge is 2.26. The number of nitrogens with zero attached hydrogens (tertiary/aromatic N) is 2. The first-order valence-electron chi connectivity index (χ1n) is 6.55. The van der Waals surface area contributed by atoms with Crippen molar-refractivity contribution in [2.75, 3.05) is 6.54 Å². The molecule has 0 aliphatic carbocycles. The van der Waals surface area contributed by atoms with Crippen LogP contribution in [0.4, 0.5) is 0 Å². The minimum absolute atomic E-state index is 0.0897. The molecule has 1 fully saturated rings. The number of hydrogen-bond donors (Lipinski definition) is 0. The van der Waals surface area contributed by atoms with Crippen molar-refractivity contribution in [3.05, 3.63) is 23.9 Å². The Morgan fingerprint density at radius 2 is 2.33 bits per heavy atom. The predicted octanol–water partition coefficient (Wildman–Crippen LogP) is 2.55. The first-order chi connectivity index (χ1) is 8.72. The predicted molar refractivity (Wildman–Crippen MR) is 69.4 cm³/mol. The zero-order valence-electron chi connectivity index (χ0n) is 11.0. The van der Waals surface area contributed by atoms with Gasteiger partial charge in [-0.05, 0) is 39.2 Å². The Bertz CT molecular complexity index is 407. The van der Waals surface area contributed by atoms with E-state index in [1.807, 2.05) is 30.9 Å². The van der Waals surface area contributed by atoms with E-state index in [-0.39, 0.29) is 12.1 Å². The molecule has 2 rings (SSSR count). The van der Waals surface area contributed by atoms with Gasteiger partial charge in [0.25, 0.3) is 0 Å². The lowest BCUT2D eigenvalue weighted by atomic mass is 9.96. The van der Waals surface area contributed by atoms with E-state index in [2.05, 4.69) is 4.98 Å². The summed E-state index contributed by atoms with van der Waals surface area (Å²) in [6.45, 7) is 4.79. The second-order valence-corrected chi connectivity index (χ2v) is 4.92. The van der Waals surface area contributed by atoms with Crippen molar-refractivity contribution < 1.29 is 9.53 Å². The summed E-state index contributed by atoms with van der Waals surface area (Å²) in [6.07, 6.45) is 5.97. The van der Waals surface area contributed by atoms with Crippen LogP contribution in [0.3, 0.4) is 0 Å². The van der Waals surface area contributed by atoms with Gasteiger partial charge >= 0.3 is 0 Å². The second kappa shape index (κ2) is 5.85. The van der Waals surface area contributed by atoms with Crippen LogP contribution in [0.5, 0.6) is 5.88 Å². The number of likely N-dealkylation sites (tertiary alicyclic amines) is 1. The van der Waals surface area contributed by atoms with Crippen LogP contribution < -0.4 is 4.74 Å². The lowest BCUT2D eigenvalue weighted by Crippen LogP contribution is -2.32. The van der Waals surface area contributed by atoms with Crippen LogP contribution in [0.2, 0.25) is 0 Å². The molecule has 2 heterocycles. The molecule has 1 unspecified atom stereocenters. The van der Waals surface area contributed by atoms with Crippen molar-refractivity contribution in [3.8, 4) is 5.88 Å². The summed E-state index contributed by atoms with van der Waals surface area (Å²) in [4.78, 5) is 17.3. The van der Waals surface area contributed by atoms with Gasteiger partial charge < -0.3 is 9.64 Å². The van der Waals surface area contributed by atoms with Crippen LogP contribution in [0.25, 0.3) is 0 Å². The molecule has 1 amide bonds. The summed E-state index contributed by atoms with van der Waals surface area (Å²) >= 11 is 0. The Kier molecular flexibility index (Phi) is 4.18. The molecule has 0 bridgehead atoms. The molecule has 18 heavy (non-hydrogen) atoms. The fourth-order valence-corrected chi connectivity index (χ4v) is 2.39. The van der Waals surface area contributed by atoms with Crippen LogP contribution in [-0.4, -0.2) is 28.9 Å². The number of amides is 1. The molecule has 0 N–H and O–H groups in total. The second-order valence-electron chi connectivity index (χ2n) is 4.92. The maximum absolute atomic E-state index is 11.1.